The summed E-state index contributed by atoms with van der Waals surface area (Å²) in [6.07, 6.45) is 1.44. The molecule has 5 heteroatoms. The van der Waals surface area contributed by atoms with E-state index in [-0.39, 0.29) is 11.5 Å². The number of benzene rings is 2. The molecule has 1 aliphatic heterocycles. The third-order valence-corrected chi connectivity index (χ3v) is 4.17. The highest BCUT2D eigenvalue weighted by Gasteiger charge is 2.30. The van der Waals surface area contributed by atoms with E-state index < -0.39 is 11.6 Å². The van der Waals surface area contributed by atoms with Crippen molar-refractivity contribution in [2.75, 3.05) is 0 Å². The van der Waals surface area contributed by atoms with Crippen molar-refractivity contribution >= 4 is 23.5 Å². The van der Waals surface area contributed by atoms with Gasteiger partial charge in [-0.05, 0) is 54.8 Å². The van der Waals surface area contributed by atoms with Gasteiger partial charge in [-0.25, -0.2) is 4.39 Å². The third kappa shape index (κ3) is 2.25. The number of carbonyl (C=O) groups is 1. The van der Waals surface area contributed by atoms with Gasteiger partial charge in [0.1, 0.15) is 5.75 Å². The van der Waals surface area contributed by atoms with Gasteiger partial charge < -0.3 is 9.84 Å². The predicted octanol–water partition coefficient (Wildman–Crippen LogP) is 4.42. The molecule has 0 unspecified atom stereocenters. The van der Waals surface area contributed by atoms with Gasteiger partial charge in [-0.3, -0.25) is 4.79 Å². The van der Waals surface area contributed by atoms with E-state index in [9.17, 15) is 14.3 Å². The van der Waals surface area contributed by atoms with Crippen LogP contribution in [0.2, 0.25) is 5.02 Å². The number of phenolic OH excluding ortho intramolecular Hbond substituents is 1. The van der Waals surface area contributed by atoms with Crippen molar-refractivity contribution in [1.82, 2.24) is 0 Å². The van der Waals surface area contributed by atoms with Crippen LogP contribution in [-0.4, -0.2) is 10.9 Å². The summed E-state index contributed by atoms with van der Waals surface area (Å²) < 4.78 is 18.9. The Morgan fingerprint density at radius 2 is 2.00 bits per heavy atom. The molecule has 0 radical (unpaired) electrons. The summed E-state index contributed by atoms with van der Waals surface area (Å²) in [7, 11) is 0. The topological polar surface area (TPSA) is 46.5 Å². The maximum atomic E-state index is 13.4. The minimum atomic E-state index is -0.757. The van der Waals surface area contributed by atoms with Gasteiger partial charge in [0.25, 0.3) is 0 Å². The molecular formula is C17H12ClFO3. The van der Waals surface area contributed by atoms with E-state index in [0.29, 0.717) is 27.5 Å². The number of carbonyl (C=O) groups excluding carboxylic acids is 1. The van der Waals surface area contributed by atoms with Gasteiger partial charge >= 0.3 is 0 Å². The molecule has 3 rings (SSSR count). The molecule has 1 heterocycles. The molecule has 0 saturated heterocycles. The van der Waals surface area contributed by atoms with Gasteiger partial charge in [0.05, 0.1) is 5.56 Å². The molecule has 0 bridgehead atoms. The number of fused-ring (bicyclic) bond motifs is 1. The smallest absolute Gasteiger partial charge is 0.232 e. The van der Waals surface area contributed by atoms with E-state index in [0.717, 1.165) is 11.6 Å². The highest BCUT2D eigenvalue weighted by Crippen LogP contribution is 2.39. The lowest BCUT2D eigenvalue weighted by Gasteiger charge is -2.05. The van der Waals surface area contributed by atoms with Crippen LogP contribution in [0, 0.1) is 19.7 Å². The molecular weight excluding hydrogens is 307 g/mol. The molecule has 3 nitrogen and oxygen atoms in total. The maximum Gasteiger partial charge on any atom is 0.232 e. The molecule has 0 aliphatic carbocycles. The van der Waals surface area contributed by atoms with Crippen molar-refractivity contribution in [1.29, 1.82) is 0 Å². The number of phenols is 1. The first kappa shape index (κ1) is 14.6. The fourth-order valence-corrected chi connectivity index (χ4v) is 2.58. The Hall–Kier alpha value is -2.33. The summed E-state index contributed by atoms with van der Waals surface area (Å²) >= 11 is 6.17. The zero-order valence-electron chi connectivity index (χ0n) is 11.9. The standard InChI is InChI=1S/C17H12ClFO3/c1-8-5-13-15(9(2)16(8)18)17(21)14(22-13)7-10-3-4-12(20)11(19)6-10/h3-7,20H,1-2H3/b14-7-. The fraction of sp³-hybridized carbons (Fsp3) is 0.118. The highest BCUT2D eigenvalue weighted by atomic mass is 35.5. The molecule has 0 atom stereocenters. The molecule has 2 aromatic carbocycles. The lowest BCUT2D eigenvalue weighted by molar-refractivity contribution is 0.101. The Bertz CT molecular complexity index is 840. The lowest BCUT2D eigenvalue weighted by atomic mass is 10.0. The number of aryl methyl sites for hydroxylation is 1. The number of aromatic hydroxyl groups is 1. The van der Waals surface area contributed by atoms with Crippen LogP contribution in [0.3, 0.4) is 0 Å². The Balaban J connectivity index is 2.05. The number of ether oxygens (including phenoxy) is 1. The Morgan fingerprint density at radius 1 is 1.27 bits per heavy atom. The van der Waals surface area contributed by atoms with Gasteiger partial charge in [0, 0.05) is 5.02 Å². The molecule has 1 aliphatic rings. The number of allylic oxidation sites excluding steroid dienone is 1. The van der Waals surface area contributed by atoms with Gasteiger partial charge in [0.15, 0.2) is 17.3 Å². The van der Waals surface area contributed by atoms with Crippen LogP contribution in [0.4, 0.5) is 4.39 Å². The molecule has 0 spiro atoms. The number of rotatable bonds is 1. The van der Waals surface area contributed by atoms with E-state index in [1.807, 2.05) is 6.92 Å². The molecule has 1 N–H and O–H groups in total. The van der Waals surface area contributed by atoms with E-state index in [1.165, 1.54) is 18.2 Å². The van der Waals surface area contributed by atoms with Gasteiger partial charge in [-0.2, -0.15) is 0 Å². The van der Waals surface area contributed by atoms with Crippen LogP contribution >= 0.6 is 11.6 Å². The van der Waals surface area contributed by atoms with Gasteiger partial charge in [-0.15, -0.1) is 0 Å². The highest BCUT2D eigenvalue weighted by molar-refractivity contribution is 6.33. The average molecular weight is 319 g/mol. The maximum absolute atomic E-state index is 13.4. The number of hydrogen-bond acceptors (Lipinski definition) is 3. The lowest BCUT2D eigenvalue weighted by Crippen LogP contribution is -2.00. The largest absolute Gasteiger partial charge is 0.505 e. The minimum Gasteiger partial charge on any atom is -0.505 e. The second-order valence-electron chi connectivity index (χ2n) is 5.16. The average Bonchev–Trinajstić information content (AvgIpc) is 2.77. The van der Waals surface area contributed by atoms with E-state index >= 15 is 0 Å². The van der Waals surface area contributed by atoms with E-state index in [2.05, 4.69) is 0 Å². The number of hydrogen-bond donors (Lipinski definition) is 1. The van der Waals surface area contributed by atoms with Crippen molar-refractivity contribution in [3.63, 3.8) is 0 Å². The summed E-state index contributed by atoms with van der Waals surface area (Å²) in [4.78, 5) is 12.4. The van der Waals surface area contributed by atoms with Crippen molar-refractivity contribution in [3.05, 3.63) is 63.1 Å². The second kappa shape index (κ2) is 5.14. The molecule has 0 amide bonds. The Morgan fingerprint density at radius 3 is 2.68 bits per heavy atom. The third-order valence-electron chi connectivity index (χ3n) is 3.58. The van der Waals surface area contributed by atoms with Crippen molar-refractivity contribution in [2.24, 2.45) is 0 Å². The molecule has 0 aromatic heterocycles. The first-order chi connectivity index (χ1) is 10.4. The fourth-order valence-electron chi connectivity index (χ4n) is 2.43. The van der Waals surface area contributed by atoms with Crippen molar-refractivity contribution in [3.8, 4) is 11.5 Å². The normalized spacial score (nSPS) is 15.1. The first-order valence-corrected chi connectivity index (χ1v) is 6.98. The van der Waals surface area contributed by atoms with Crippen LogP contribution in [0.15, 0.2) is 30.0 Å². The quantitative estimate of drug-likeness (QED) is 0.792. The summed E-state index contributed by atoms with van der Waals surface area (Å²) in [6, 6.07) is 5.56. The summed E-state index contributed by atoms with van der Waals surface area (Å²) in [5.41, 5.74) is 2.35. The molecule has 22 heavy (non-hydrogen) atoms. The first-order valence-electron chi connectivity index (χ1n) is 6.61. The molecule has 112 valence electrons. The van der Waals surface area contributed by atoms with Gasteiger partial charge in [0.2, 0.25) is 5.78 Å². The van der Waals surface area contributed by atoms with Crippen LogP contribution in [0.1, 0.15) is 27.0 Å². The zero-order valence-corrected chi connectivity index (χ0v) is 12.7. The van der Waals surface area contributed by atoms with Crippen molar-refractivity contribution < 1.29 is 19.0 Å². The monoisotopic (exact) mass is 318 g/mol. The summed E-state index contributed by atoms with van der Waals surface area (Å²) in [6.45, 7) is 3.60. The number of ketones is 1. The predicted molar refractivity (Wildman–Crippen MR) is 81.9 cm³/mol. The molecule has 0 saturated carbocycles. The zero-order chi connectivity index (χ0) is 16.0. The number of halogens is 2. The summed E-state index contributed by atoms with van der Waals surface area (Å²) in [5.74, 6) is -0.933. The van der Waals surface area contributed by atoms with Crippen LogP contribution in [-0.2, 0) is 0 Å². The SMILES string of the molecule is Cc1cc2c(c(C)c1Cl)C(=O)/C(=C/c1ccc(O)c(F)c1)O2. The summed E-state index contributed by atoms with van der Waals surface area (Å²) in [5, 5.41) is 9.72. The number of Topliss-reactive ketones (excluding diaryl/α,β-unsaturated/α-hetero) is 1. The van der Waals surface area contributed by atoms with Crippen molar-refractivity contribution in [2.45, 2.75) is 13.8 Å². The Labute approximate surface area is 131 Å². The van der Waals surface area contributed by atoms with E-state index in [4.69, 9.17) is 16.3 Å². The molecule has 2 aromatic rings. The van der Waals surface area contributed by atoms with Gasteiger partial charge in [-0.1, -0.05) is 17.7 Å². The van der Waals surface area contributed by atoms with Crippen LogP contribution in [0.5, 0.6) is 11.5 Å². The van der Waals surface area contributed by atoms with Crippen LogP contribution < -0.4 is 4.74 Å². The Kier molecular flexibility index (Phi) is 3.41. The van der Waals surface area contributed by atoms with E-state index in [1.54, 1.807) is 13.0 Å². The van der Waals surface area contributed by atoms with Crippen LogP contribution in [0.25, 0.3) is 6.08 Å². The molecule has 0 fully saturated rings. The minimum absolute atomic E-state index is 0.102. The second-order valence-corrected chi connectivity index (χ2v) is 5.53.